The molecular formula is C36H33N5O5. The van der Waals surface area contributed by atoms with E-state index < -0.39 is 0 Å². The van der Waals surface area contributed by atoms with E-state index in [4.69, 9.17) is 4.74 Å². The fourth-order valence-corrected chi connectivity index (χ4v) is 6.40. The number of aryl methyl sites for hydroxylation is 1. The van der Waals surface area contributed by atoms with Crippen LogP contribution in [0, 0.1) is 6.92 Å². The van der Waals surface area contributed by atoms with Crippen molar-refractivity contribution in [1.29, 1.82) is 0 Å². The van der Waals surface area contributed by atoms with Gasteiger partial charge in [0.15, 0.2) is 0 Å². The van der Waals surface area contributed by atoms with Crippen LogP contribution in [0.2, 0.25) is 0 Å². The van der Waals surface area contributed by atoms with Crippen LogP contribution in [0.3, 0.4) is 0 Å². The fraction of sp³-hybridized carbons (Fsp3) is 0.222. The third-order valence-corrected chi connectivity index (χ3v) is 8.96. The number of nitrogens with zero attached hydrogens (tertiary/aromatic N) is 4. The van der Waals surface area contributed by atoms with Crippen molar-refractivity contribution in [3.8, 4) is 5.75 Å². The quantitative estimate of drug-likeness (QED) is 0.287. The number of carbonyl (C=O) groups excluding carboxylic acids is 2. The SMILES string of the molecule is C=C1C(c2nc3ccc(N(C)C)cc3c(=O)[nH]2)=C(O)c2cc3c(cc21)C(=C)N(c1cc(OCCN2CCCC2=O)ccc1C)C3=O. The average molecular weight is 616 g/mol. The second kappa shape index (κ2) is 10.8. The summed E-state index contributed by atoms with van der Waals surface area (Å²) in [4.78, 5) is 51.6. The Bertz CT molecular complexity index is 2130. The molecule has 0 atom stereocenters. The summed E-state index contributed by atoms with van der Waals surface area (Å²) in [5.74, 6) is 0.525. The van der Waals surface area contributed by atoms with Crippen LogP contribution in [0.5, 0.6) is 5.75 Å². The molecule has 0 bridgehead atoms. The van der Waals surface area contributed by atoms with E-state index in [1.54, 1.807) is 34.1 Å². The summed E-state index contributed by atoms with van der Waals surface area (Å²) < 4.78 is 5.97. The van der Waals surface area contributed by atoms with Gasteiger partial charge < -0.3 is 24.6 Å². The number of aliphatic hydroxyl groups excluding tert-OH is 1. The van der Waals surface area contributed by atoms with E-state index in [9.17, 15) is 19.5 Å². The van der Waals surface area contributed by atoms with Gasteiger partial charge in [0.25, 0.3) is 11.5 Å². The number of rotatable bonds is 7. The molecule has 1 saturated heterocycles. The smallest absolute Gasteiger partial charge is 0.263 e. The number of amides is 2. The Balaban J connectivity index is 1.19. The van der Waals surface area contributed by atoms with E-state index in [0.717, 1.165) is 24.2 Å². The van der Waals surface area contributed by atoms with E-state index in [-0.39, 0.29) is 29.0 Å². The summed E-state index contributed by atoms with van der Waals surface area (Å²) in [6.45, 7) is 12.0. The maximum Gasteiger partial charge on any atom is 0.263 e. The van der Waals surface area contributed by atoms with Crippen molar-refractivity contribution in [2.24, 2.45) is 0 Å². The maximum absolute atomic E-state index is 13.9. The molecule has 46 heavy (non-hydrogen) atoms. The van der Waals surface area contributed by atoms with E-state index in [1.807, 2.05) is 50.2 Å². The number of aromatic amines is 1. The number of hydrogen-bond donors (Lipinski definition) is 2. The molecule has 2 aliphatic heterocycles. The topological polar surface area (TPSA) is 119 Å². The summed E-state index contributed by atoms with van der Waals surface area (Å²) in [5.41, 5.74) is 5.84. The predicted molar refractivity (Wildman–Crippen MR) is 180 cm³/mol. The molecule has 7 rings (SSSR count). The number of aromatic nitrogens is 2. The minimum Gasteiger partial charge on any atom is -0.507 e. The van der Waals surface area contributed by atoms with Gasteiger partial charge in [-0.05, 0) is 66.4 Å². The number of likely N-dealkylation sites (tertiary alicyclic amines) is 1. The number of H-pyrrole nitrogens is 1. The second-order valence-corrected chi connectivity index (χ2v) is 12.0. The Kier molecular flexibility index (Phi) is 6.81. The van der Waals surface area contributed by atoms with Gasteiger partial charge in [0, 0.05) is 49.9 Å². The lowest BCUT2D eigenvalue weighted by Gasteiger charge is -2.21. The molecule has 3 aromatic carbocycles. The zero-order chi connectivity index (χ0) is 32.4. The number of benzene rings is 3. The first-order chi connectivity index (χ1) is 22.0. The fourth-order valence-electron chi connectivity index (χ4n) is 6.40. The zero-order valence-corrected chi connectivity index (χ0v) is 25.9. The minimum atomic E-state index is -0.333. The standard InChI is InChI=1S/C36H33N5O5/c1-19-8-10-23(46-14-13-40-12-6-7-31(40)42)16-30(19)41-21(3)25-17-24-20(2)32(33(43)26(24)18-27(25)36(41)45)34-37-29-11-9-22(39(4)5)15-28(29)35(44)38-34/h8-11,15-18,43H,2-3,6-7,12-14H2,1,4-5H3,(H,37,38,44). The van der Waals surface area contributed by atoms with E-state index in [1.165, 1.54) is 0 Å². The lowest BCUT2D eigenvalue weighted by molar-refractivity contribution is -0.128. The first-order valence-electron chi connectivity index (χ1n) is 15.1. The molecule has 3 heterocycles. The van der Waals surface area contributed by atoms with Crippen molar-refractivity contribution >= 4 is 56.7 Å². The lowest BCUT2D eigenvalue weighted by atomic mass is 9.97. The van der Waals surface area contributed by atoms with Crippen LogP contribution >= 0.6 is 0 Å². The number of hydrogen-bond acceptors (Lipinski definition) is 7. The summed E-state index contributed by atoms with van der Waals surface area (Å²) in [6.07, 6.45) is 1.45. The summed E-state index contributed by atoms with van der Waals surface area (Å²) in [5, 5.41) is 11.9. The highest BCUT2D eigenvalue weighted by Crippen LogP contribution is 2.48. The van der Waals surface area contributed by atoms with E-state index in [0.29, 0.717) is 81.0 Å². The predicted octanol–water partition coefficient (Wildman–Crippen LogP) is 5.38. The summed E-state index contributed by atoms with van der Waals surface area (Å²) in [7, 11) is 3.79. The van der Waals surface area contributed by atoms with Gasteiger partial charge in [-0.2, -0.15) is 0 Å². The Morgan fingerprint density at radius 2 is 1.78 bits per heavy atom. The molecule has 1 aromatic heterocycles. The number of carbonyl (C=O) groups is 2. The van der Waals surface area contributed by atoms with Crippen molar-refractivity contribution in [2.45, 2.75) is 19.8 Å². The highest BCUT2D eigenvalue weighted by molar-refractivity contribution is 6.25. The third-order valence-electron chi connectivity index (χ3n) is 8.96. The van der Waals surface area contributed by atoms with Gasteiger partial charge >= 0.3 is 0 Å². The van der Waals surface area contributed by atoms with Crippen LogP contribution in [0.25, 0.3) is 33.5 Å². The lowest BCUT2D eigenvalue weighted by Crippen LogP contribution is -2.29. The average Bonchev–Trinajstić information content (AvgIpc) is 3.63. The molecule has 1 aliphatic carbocycles. The molecule has 0 radical (unpaired) electrons. The van der Waals surface area contributed by atoms with Crippen LogP contribution in [-0.4, -0.2) is 65.6 Å². The van der Waals surface area contributed by atoms with Gasteiger partial charge in [-0.15, -0.1) is 0 Å². The molecule has 0 unspecified atom stereocenters. The Morgan fingerprint density at radius 1 is 1.00 bits per heavy atom. The van der Waals surface area contributed by atoms with E-state index in [2.05, 4.69) is 23.1 Å². The normalized spacial score (nSPS) is 15.8. The number of ether oxygens (including phenoxy) is 1. The minimum absolute atomic E-state index is 0.116. The highest BCUT2D eigenvalue weighted by atomic mass is 16.5. The van der Waals surface area contributed by atoms with Gasteiger partial charge in [-0.25, -0.2) is 4.98 Å². The van der Waals surface area contributed by atoms with Crippen LogP contribution in [0.4, 0.5) is 11.4 Å². The van der Waals surface area contributed by atoms with Crippen LogP contribution < -0.4 is 20.1 Å². The Hall–Kier alpha value is -5.64. The molecule has 10 heteroatoms. The first-order valence-corrected chi connectivity index (χ1v) is 15.1. The van der Waals surface area contributed by atoms with Crippen molar-refractivity contribution in [2.75, 3.05) is 43.6 Å². The van der Waals surface area contributed by atoms with Crippen molar-refractivity contribution in [3.05, 3.63) is 106 Å². The molecular weight excluding hydrogens is 582 g/mol. The third kappa shape index (κ3) is 4.56. The summed E-state index contributed by atoms with van der Waals surface area (Å²) in [6, 6.07) is 14.4. The molecule has 2 N–H and O–H groups in total. The largest absolute Gasteiger partial charge is 0.507 e. The zero-order valence-electron chi connectivity index (χ0n) is 25.9. The van der Waals surface area contributed by atoms with Crippen molar-refractivity contribution in [1.82, 2.24) is 14.9 Å². The van der Waals surface area contributed by atoms with Crippen LogP contribution in [0.15, 0.2) is 66.5 Å². The van der Waals surface area contributed by atoms with E-state index >= 15 is 0 Å². The monoisotopic (exact) mass is 615 g/mol. The Labute approximate surface area is 265 Å². The van der Waals surface area contributed by atoms with Gasteiger partial charge in [0.1, 0.15) is 23.9 Å². The van der Waals surface area contributed by atoms with Gasteiger partial charge in [-0.1, -0.05) is 19.2 Å². The van der Waals surface area contributed by atoms with Gasteiger partial charge in [-0.3, -0.25) is 19.3 Å². The number of aliphatic hydroxyl groups is 1. The number of fused-ring (bicyclic) bond motifs is 3. The van der Waals surface area contributed by atoms with Gasteiger partial charge in [0.05, 0.1) is 40.0 Å². The molecule has 1 fully saturated rings. The molecule has 2 amide bonds. The van der Waals surface area contributed by atoms with Crippen molar-refractivity contribution in [3.63, 3.8) is 0 Å². The summed E-state index contributed by atoms with van der Waals surface area (Å²) >= 11 is 0. The first kappa shape index (κ1) is 29.1. The molecule has 10 nitrogen and oxygen atoms in total. The number of allylic oxidation sites excluding steroid dienone is 2. The molecule has 3 aliphatic rings. The molecule has 0 spiro atoms. The van der Waals surface area contributed by atoms with Crippen molar-refractivity contribution < 1.29 is 19.4 Å². The highest BCUT2D eigenvalue weighted by Gasteiger charge is 2.38. The molecule has 4 aromatic rings. The van der Waals surface area contributed by atoms with Crippen LogP contribution in [-0.2, 0) is 4.79 Å². The molecule has 0 saturated carbocycles. The Morgan fingerprint density at radius 3 is 2.52 bits per heavy atom. The van der Waals surface area contributed by atoms with Gasteiger partial charge in [0.2, 0.25) is 5.91 Å². The maximum atomic E-state index is 13.9. The van der Waals surface area contributed by atoms with Crippen LogP contribution in [0.1, 0.15) is 51.3 Å². The molecule has 232 valence electrons. The number of anilines is 2. The second-order valence-electron chi connectivity index (χ2n) is 12.0. The number of nitrogens with one attached hydrogen (secondary N) is 1.